The normalized spacial score (nSPS) is 26.3. The lowest BCUT2D eigenvalue weighted by molar-refractivity contribution is -0.0161. The molecule has 1 aromatic rings. The molecule has 4 heteroatoms. The number of halogens is 1. The van der Waals surface area contributed by atoms with E-state index in [-0.39, 0.29) is 6.04 Å². The maximum absolute atomic E-state index is 10.1. The first kappa shape index (κ1) is 15.0. The van der Waals surface area contributed by atoms with Gasteiger partial charge in [0.15, 0.2) is 0 Å². The van der Waals surface area contributed by atoms with Crippen molar-refractivity contribution < 1.29 is 5.11 Å². The molecule has 0 amide bonds. The highest BCUT2D eigenvalue weighted by molar-refractivity contribution is 9.10. The second-order valence-electron chi connectivity index (χ2n) is 5.79. The standard InChI is InChI=1S/C15H23BrN2O/c1-15(19)8-4-9-18(11-15)10-7-14(17)12-5-2-3-6-13(12)16/h2-3,5-6,14,19H,4,7-11,17H2,1H3. The van der Waals surface area contributed by atoms with Gasteiger partial charge in [0.2, 0.25) is 0 Å². The van der Waals surface area contributed by atoms with Crippen molar-refractivity contribution in [1.29, 1.82) is 0 Å². The van der Waals surface area contributed by atoms with E-state index in [1.165, 1.54) is 0 Å². The SMILES string of the molecule is CC1(O)CCCN(CCC(N)c2ccccc2Br)C1. The monoisotopic (exact) mass is 326 g/mol. The molecule has 2 rings (SSSR count). The van der Waals surface area contributed by atoms with Gasteiger partial charge in [-0.05, 0) is 44.4 Å². The summed E-state index contributed by atoms with van der Waals surface area (Å²) in [7, 11) is 0. The van der Waals surface area contributed by atoms with Gasteiger partial charge in [0.25, 0.3) is 0 Å². The molecule has 3 nitrogen and oxygen atoms in total. The fraction of sp³-hybridized carbons (Fsp3) is 0.600. The van der Waals surface area contributed by atoms with Gasteiger partial charge in [-0.3, -0.25) is 0 Å². The Morgan fingerprint density at radius 1 is 1.47 bits per heavy atom. The molecule has 0 radical (unpaired) electrons. The Morgan fingerprint density at radius 2 is 2.21 bits per heavy atom. The number of hydrogen-bond acceptors (Lipinski definition) is 3. The molecule has 0 saturated carbocycles. The largest absolute Gasteiger partial charge is 0.389 e. The third kappa shape index (κ3) is 4.28. The van der Waals surface area contributed by atoms with Crippen molar-refractivity contribution in [3.63, 3.8) is 0 Å². The molecule has 1 heterocycles. The van der Waals surface area contributed by atoms with Crippen molar-refractivity contribution in [2.75, 3.05) is 19.6 Å². The van der Waals surface area contributed by atoms with E-state index in [0.717, 1.165) is 48.9 Å². The Hall–Kier alpha value is -0.420. The van der Waals surface area contributed by atoms with Gasteiger partial charge in [0.1, 0.15) is 0 Å². The van der Waals surface area contributed by atoms with E-state index in [1.54, 1.807) is 0 Å². The quantitative estimate of drug-likeness (QED) is 0.894. The number of aliphatic hydroxyl groups is 1. The topological polar surface area (TPSA) is 49.5 Å². The predicted octanol–water partition coefficient (Wildman–Crippen LogP) is 2.69. The molecule has 3 N–H and O–H groups in total. The number of nitrogens with zero attached hydrogens (tertiary/aromatic N) is 1. The van der Waals surface area contributed by atoms with Crippen molar-refractivity contribution in [3.05, 3.63) is 34.3 Å². The summed E-state index contributed by atoms with van der Waals surface area (Å²) in [5.74, 6) is 0. The van der Waals surface area contributed by atoms with Crippen LogP contribution < -0.4 is 5.73 Å². The summed E-state index contributed by atoms with van der Waals surface area (Å²) < 4.78 is 1.08. The van der Waals surface area contributed by atoms with Gasteiger partial charge in [0, 0.05) is 23.6 Å². The van der Waals surface area contributed by atoms with Crippen molar-refractivity contribution in [2.45, 2.75) is 37.8 Å². The number of benzene rings is 1. The van der Waals surface area contributed by atoms with Crippen LogP contribution in [0.5, 0.6) is 0 Å². The van der Waals surface area contributed by atoms with E-state index in [1.807, 2.05) is 25.1 Å². The highest BCUT2D eigenvalue weighted by atomic mass is 79.9. The molecule has 1 aliphatic rings. The second kappa shape index (κ2) is 6.35. The molecular formula is C15H23BrN2O. The lowest BCUT2D eigenvalue weighted by Gasteiger charge is -2.37. The van der Waals surface area contributed by atoms with Gasteiger partial charge in [-0.15, -0.1) is 0 Å². The fourth-order valence-corrected chi connectivity index (χ4v) is 3.35. The van der Waals surface area contributed by atoms with E-state index in [2.05, 4.69) is 26.9 Å². The van der Waals surface area contributed by atoms with Crippen molar-refractivity contribution >= 4 is 15.9 Å². The average molecular weight is 327 g/mol. The molecule has 0 aromatic heterocycles. The van der Waals surface area contributed by atoms with Crippen LogP contribution in [0.1, 0.15) is 37.8 Å². The lowest BCUT2D eigenvalue weighted by Crippen LogP contribution is -2.46. The Bertz CT molecular complexity index is 422. The Labute approximate surface area is 123 Å². The molecule has 1 aliphatic heterocycles. The van der Waals surface area contributed by atoms with Crippen LogP contribution in [0.25, 0.3) is 0 Å². The van der Waals surface area contributed by atoms with Crippen LogP contribution in [0.2, 0.25) is 0 Å². The van der Waals surface area contributed by atoms with Crippen molar-refractivity contribution in [3.8, 4) is 0 Å². The molecule has 1 fully saturated rings. The van der Waals surface area contributed by atoms with Crippen LogP contribution in [0.4, 0.5) is 0 Å². The second-order valence-corrected chi connectivity index (χ2v) is 6.65. The minimum absolute atomic E-state index is 0.0439. The zero-order chi connectivity index (χ0) is 13.9. The summed E-state index contributed by atoms with van der Waals surface area (Å²) in [4.78, 5) is 2.32. The van der Waals surface area contributed by atoms with E-state index in [0.29, 0.717) is 0 Å². The zero-order valence-corrected chi connectivity index (χ0v) is 13.1. The molecule has 0 aliphatic carbocycles. The molecule has 1 aromatic carbocycles. The number of β-amino-alcohol motifs (C(OH)–C–C–N with tert-alkyl or cyclic N) is 1. The number of hydrogen-bond donors (Lipinski definition) is 2. The van der Waals surface area contributed by atoms with Gasteiger partial charge >= 0.3 is 0 Å². The molecule has 1 saturated heterocycles. The van der Waals surface area contributed by atoms with Crippen LogP contribution >= 0.6 is 15.9 Å². The van der Waals surface area contributed by atoms with Crippen LogP contribution in [-0.4, -0.2) is 35.2 Å². The third-order valence-electron chi connectivity index (χ3n) is 3.81. The number of piperidine rings is 1. The molecular weight excluding hydrogens is 304 g/mol. The van der Waals surface area contributed by atoms with Gasteiger partial charge in [0.05, 0.1) is 5.60 Å². The first-order chi connectivity index (χ1) is 8.98. The number of nitrogens with two attached hydrogens (primary N) is 1. The maximum Gasteiger partial charge on any atom is 0.0746 e. The van der Waals surface area contributed by atoms with Crippen molar-refractivity contribution in [2.24, 2.45) is 5.73 Å². The van der Waals surface area contributed by atoms with E-state index in [9.17, 15) is 5.11 Å². The average Bonchev–Trinajstić information content (AvgIpc) is 2.35. The van der Waals surface area contributed by atoms with Crippen LogP contribution in [0.3, 0.4) is 0 Å². The van der Waals surface area contributed by atoms with E-state index >= 15 is 0 Å². The maximum atomic E-state index is 10.1. The summed E-state index contributed by atoms with van der Waals surface area (Å²) in [5, 5.41) is 10.1. The third-order valence-corrected chi connectivity index (χ3v) is 4.54. The number of likely N-dealkylation sites (tertiary alicyclic amines) is 1. The zero-order valence-electron chi connectivity index (χ0n) is 11.5. The van der Waals surface area contributed by atoms with E-state index in [4.69, 9.17) is 5.73 Å². The number of rotatable bonds is 4. The minimum atomic E-state index is -0.532. The minimum Gasteiger partial charge on any atom is -0.389 e. The van der Waals surface area contributed by atoms with Gasteiger partial charge in [-0.1, -0.05) is 34.1 Å². The van der Waals surface area contributed by atoms with Crippen molar-refractivity contribution in [1.82, 2.24) is 4.90 Å². The summed E-state index contributed by atoms with van der Waals surface area (Å²) in [6.45, 7) is 4.69. The first-order valence-electron chi connectivity index (χ1n) is 6.93. The molecule has 0 bridgehead atoms. The Kier molecular flexibility index (Phi) is 5.01. The lowest BCUT2D eigenvalue weighted by atomic mass is 9.94. The summed E-state index contributed by atoms with van der Waals surface area (Å²) >= 11 is 3.55. The smallest absolute Gasteiger partial charge is 0.0746 e. The molecule has 106 valence electrons. The van der Waals surface area contributed by atoms with Gasteiger partial charge in [-0.25, -0.2) is 0 Å². The van der Waals surface area contributed by atoms with Gasteiger partial charge < -0.3 is 15.7 Å². The van der Waals surface area contributed by atoms with Crippen LogP contribution in [-0.2, 0) is 0 Å². The first-order valence-corrected chi connectivity index (χ1v) is 7.72. The summed E-state index contributed by atoms with van der Waals surface area (Å²) in [5.41, 5.74) is 6.89. The molecule has 19 heavy (non-hydrogen) atoms. The van der Waals surface area contributed by atoms with E-state index < -0.39 is 5.60 Å². The predicted molar refractivity (Wildman–Crippen MR) is 82.0 cm³/mol. The summed E-state index contributed by atoms with van der Waals surface area (Å²) in [6.07, 6.45) is 2.88. The van der Waals surface area contributed by atoms with Crippen LogP contribution in [0, 0.1) is 0 Å². The summed E-state index contributed by atoms with van der Waals surface area (Å²) in [6, 6.07) is 8.16. The molecule has 2 unspecified atom stereocenters. The highest BCUT2D eigenvalue weighted by Gasteiger charge is 2.28. The molecule has 0 spiro atoms. The van der Waals surface area contributed by atoms with Crippen LogP contribution in [0.15, 0.2) is 28.7 Å². The fourth-order valence-electron chi connectivity index (χ4n) is 2.77. The highest BCUT2D eigenvalue weighted by Crippen LogP contribution is 2.25. The van der Waals surface area contributed by atoms with Gasteiger partial charge in [-0.2, -0.15) is 0 Å². The molecule has 2 atom stereocenters. The Morgan fingerprint density at radius 3 is 2.89 bits per heavy atom. The Balaban J connectivity index is 1.87.